The summed E-state index contributed by atoms with van der Waals surface area (Å²) in [6, 6.07) is 13.0. The summed E-state index contributed by atoms with van der Waals surface area (Å²) in [6.07, 6.45) is 9.13. The number of unbranched alkanes of at least 4 members (excludes halogenated alkanes) is 4. The van der Waals surface area contributed by atoms with Crippen molar-refractivity contribution < 1.29 is 14.2 Å². The van der Waals surface area contributed by atoms with Crippen LogP contribution in [0.1, 0.15) is 75.7 Å². The molecule has 0 fully saturated rings. The van der Waals surface area contributed by atoms with E-state index < -0.39 is 11.2 Å². The van der Waals surface area contributed by atoms with E-state index in [4.69, 9.17) is 4.74 Å². The number of para-hydroxylation sites is 2. The minimum absolute atomic E-state index is 0. The van der Waals surface area contributed by atoms with Crippen LogP contribution in [0.5, 0.6) is 0 Å². The third-order valence-corrected chi connectivity index (χ3v) is 8.49. The Kier molecular flexibility index (Phi) is 12.7. The van der Waals surface area contributed by atoms with Crippen LogP contribution in [0.15, 0.2) is 42.5 Å². The third-order valence-electron chi connectivity index (χ3n) is 8.49. The number of hydrogen-bond acceptors (Lipinski definition) is 4. The quantitative estimate of drug-likeness (QED) is 0.209. The molecular formula is C31H46Cl2FN3O2. The largest absolute Gasteiger partial charge is 0.382 e. The van der Waals surface area contributed by atoms with Gasteiger partial charge in [0.25, 0.3) is 0 Å². The molecule has 39 heavy (non-hydrogen) atoms. The molecule has 1 aliphatic carbocycles. The molecule has 1 aliphatic rings. The van der Waals surface area contributed by atoms with Gasteiger partial charge in [0.1, 0.15) is 22.8 Å². The van der Waals surface area contributed by atoms with Gasteiger partial charge in [-0.2, -0.15) is 0 Å². The summed E-state index contributed by atoms with van der Waals surface area (Å²) in [7, 11) is 3.87. The Morgan fingerprint density at radius 1 is 1.05 bits per heavy atom. The van der Waals surface area contributed by atoms with Crippen molar-refractivity contribution in [2.45, 2.75) is 82.8 Å². The Balaban J connectivity index is 0.00000267. The van der Waals surface area contributed by atoms with Crippen molar-refractivity contribution >= 4 is 35.8 Å². The van der Waals surface area contributed by atoms with Gasteiger partial charge in [-0.1, -0.05) is 51.3 Å². The highest BCUT2D eigenvalue weighted by atomic mass is 35.5. The van der Waals surface area contributed by atoms with Crippen LogP contribution >= 0.6 is 24.8 Å². The van der Waals surface area contributed by atoms with Crippen molar-refractivity contribution in [3.63, 3.8) is 0 Å². The Hall–Kier alpha value is -1.70. The summed E-state index contributed by atoms with van der Waals surface area (Å²) in [5.74, 6) is 0.788. The lowest BCUT2D eigenvalue weighted by atomic mass is 9.62. The zero-order chi connectivity index (χ0) is 26.5. The molecule has 0 saturated carbocycles. The van der Waals surface area contributed by atoms with E-state index >= 15 is 0 Å². The molecule has 218 valence electrons. The van der Waals surface area contributed by atoms with Crippen LogP contribution in [0, 0.1) is 11.7 Å². The number of ether oxygens (including phenoxy) is 1. The fourth-order valence-electron chi connectivity index (χ4n) is 6.24. The molecule has 2 atom stereocenters. The summed E-state index contributed by atoms with van der Waals surface area (Å²) >= 11 is 0. The van der Waals surface area contributed by atoms with Crippen LogP contribution in [-0.2, 0) is 23.2 Å². The summed E-state index contributed by atoms with van der Waals surface area (Å²) in [6.45, 7) is 5.95. The highest BCUT2D eigenvalue weighted by Gasteiger charge is 2.56. The van der Waals surface area contributed by atoms with Crippen LogP contribution in [0.2, 0.25) is 0 Å². The summed E-state index contributed by atoms with van der Waals surface area (Å²) < 4.78 is 20.0. The molecule has 8 heteroatoms. The summed E-state index contributed by atoms with van der Waals surface area (Å²) in [5.41, 5.74) is 2.06. The maximum Gasteiger partial charge on any atom is 0.123 e. The first-order chi connectivity index (χ1) is 17.8. The first kappa shape index (κ1) is 33.5. The first-order valence-corrected chi connectivity index (χ1v) is 14.0. The number of fused-ring (bicyclic) bond motifs is 2. The highest BCUT2D eigenvalue weighted by Crippen LogP contribution is 2.50. The van der Waals surface area contributed by atoms with E-state index in [0.717, 1.165) is 66.8 Å². The van der Waals surface area contributed by atoms with Crippen molar-refractivity contribution in [3.05, 3.63) is 65.2 Å². The molecule has 5 nitrogen and oxygen atoms in total. The van der Waals surface area contributed by atoms with E-state index in [-0.39, 0.29) is 36.5 Å². The fourth-order valence-corrected chi connectivity index (χ4v) is 6.24. The number of halogens is 3. The second kappa shape index (κ2) is 14.8. The van der Waals surface area contributed by atoms with Crippen molar-refractivity contribution in [2.75, 3.05) is 27.2 Å². The van der Waals surface area contributed by atoms with Gasteiger partial charge in [-0.3, -0.25) is 0 Å². The number of benzene rings is 2. The number of aryl methyl sites for hydroxylation is 2. The lowest BCUT2D eigenvalue weighted by Crippen LogP contribution is -2.59. The molecular weight excluding hydrogens is 536 g/mol. The van der Waals surface area contributed by atoms with Gasteiger partial charge >= 0.3 is 0 Å². The lowest BCUT2D eigenvalue weighted by molar-refractivity contribution is -0.212. The second-order valence-electron chi connectivity index (χ2n) is 11.2. The smallest absolute Gasteiger partial charge is 0.123 e. The topological polar surface area (TPSA) is 61.4 Å². The molecule has 2 N–H and O–H groups in total. The number of hydrogen-bond donors (Lipinski definition) is 2. The van der Waals surface area contributed by atoms with Crippen LogP contribution in [-0.4, -0.2) is 52.8 Å². The normalized spacial score (nSPS) is 20.6. The number of nitrogens with one attached hydrogen (secondary N) is 1. The predicted molar refractivity (Wildman–Crippen MR) is 163 cm³/mol. The molecule has 0 spiro atoms. The fraction of sp³-hybridized carbons (Fsp3) is 0.581. The maximum atomic E-state index is 13.9. The number of methoxy groups -OCH3 is 1. The average molecular weight is 583 g/mol. The summed E-state index contributed by atoms with van der Waals surface area (Å²) in [4.78, 5) is 10.4. The van der Waals surface area contributed by atoms with Crippen molar-refractivity contribution in [1.29, 1.82) is 0 Å². The zero-order valence-corrected chi connectivity index (χ0v) is 25.5. The first-order valence-electron chi connectivity index (χ1n) is 14.0. The van der Waals surface area contributed by atoms with Crippen LogP contribution in [0.3, 0.4) is 0 Å². The van der Waals surface area contributed by atoms with Crippen LogP contribution in [0.25, 0.3) is 11.0 Å². The molecule has 0 amide bonds. The molecule has 4 rings (SSSR count). The molecule has 2 aromatic carbocycles. The molecule has 0 bridgehead atoms. The van der Waals surface area contributed by atoms with E-state index in [0.29, 0.717) is 12.8 Å². The van der Waals surface area contributed by atoms with Gasteiger partial charge in [0.05, 0.1) is 11.0 Å². The maximum absolute atomic E-state index is 13.9. The van der Waals surface area contributed by atoms with Gasteiger partial charge in [0, 0.05) is 20.1 Å². The minimum atomic E-state index is -1.15. The molecule has 2 unspecified atom stereocenters. The van der Waals surface area contributed by atoms with Crippen molar-refractivity contribution in [1.82, 2.24) is 14.9 Å². The molecule has 0 radical (unpaired) electrons. The van der Waals surface area contributed by atoms with Gasteiger partial charge in [0.2, 0.25) is 0 Å². The van der Waals surface area contributed by atoms with Crippen LogP contribution in [0.4, 0.5) is 4.39 Å². The van der Waals surface area contributed by atoms with E-state index in [1.165, 1.54) is 25.3 Å². The van der Waals surface area contributed by atoms with Gasteiger partial charge in [0.15, 0.2) is 0 Å². The number of aromatic amines is 1. The second-order valence-corrected chi connectivity index (χ2v) is 11.2. The Labute approximate surface area is 245 Å². The number of rotatable bonds is 13. The molecule has 1 aromatic heterocycles. The molecule has 3 aromatic rings. The standard InChI is InChI=1S/C31H44FN3O2.2ClH/c1-23(2)31(36)26-16-15-25(32)22-24(26)17-18-30(31,37-4)19-21-35(3)20-11-7-5-6-8-14-29-33-27-12-9-10-13-28(27)34-29;;/h9-10,12-13,15-16,22-23,36H,5-8,11,14,17-21H2,1-4H3,(H,33,34);2*1H. The van der Waals surface area contributed by atoms with Crippen LogP contribution < -0.4 is 0 Å². The average Bonchev–Trinajstić information content (AvgIpc) is 3.30. The number of imidazole rings is 1. The van der Waals surface area contributed by atoms with E-state index in [2.05, 4.69) is 34.0 Å². The summed E-state index contributed by atoms with van der Waals surface area (Å²) in [5, 5.41) is 12.1. The Morgan fingerprint density at radius 3 is 2.49 bits per heavy atom. The highest BCUT2D eigenvalue weighted by molar-refractivity contribution is 5.85. The number of aliphatic hydroxyl groups is 1. The number of aromatic nitrogens is 2. The molecule has 0 aliphatic heterocycles. The van der Waals surface area contributed by atoms with E-state index in [9.17, 15) is 9.50 Å². The molecule has 1 heterocycles. The van der Waals surface area contributed by atoms with Crippen molar-refractivity contribution in [3.8, 4) is 0 Å². The van der Waals surface area contributed by atoms with Gasteiger partial charge < -0.3 is 19.7 Å². The van der Waals surface area contributed by atoms with Crippen molar-refractivity contribution in [2.24, 2.45) is 5.92 Å². The van der Waals surface area contributed by atoms with Gasteiger partial charge in [-0.25, -0.2) is 9.37 Å². The predicted octanol–water partition coefficient (Wildman–Crippen LogP) is 7.24. The SMILES string of the molecule is COC1(CCN(C)CCCCCCCc2nc3ccccc3[nH]2)CCc2cc(F)ccc2C1(O)C(C)C.Cl.Cl. The number of H-pyrrole nitrogens is 1. The zero-order valence-electron chi connectivity index (χ0n) is 23.8. The van der Waals surface area contributed by atoms with E-state index in [1.54, 1.807) is 19.2 Å². The van der Waals surface area contributed by atoms with Gasteiger partial charge in [-0.05, 0) is 87.0 Å². The van der Waals surface area contributed by atoms with Gasteiger partial charge in [-0.15, -0.1) is 24.8 Å². The minimum Gasteiger partial charge on any atom is -0.382 e. The lowest BCUT2D eigenvalue weighted by Gasteiger charge is -2.53. The van der Waals surface area contributed by atoms with E-state index in [1.807, 2.05) is 26.0 Å². The number of nitrogens with zero attached hydrogens (tertiary/aromatic N) is 2. The third kappa shape index (κ3) is 7.34. The Bertz CT molecular complexity index is 1140. The Morgan fingerprint density at radius 2 is 1.77 bits per heavy atom. The molecule has 0 saturated heterocycles. The monoisotopic (exact) mass is 581 g/mol.